The summed E-state index contributed by atoms with van der Waals surface area (Å²) in [6, 6.07) is 17.1. The summed E-state index contributed by atoms with van der Waals surface area (Å²) >= 11 is 5.33. The molecule has 0 heterocycles. The third kappa shape index (κ3) is 5.62. The summed E-state index contributed by atoms with van der Waals surface area (Å²) in [4.78, 5) is 1.34. The maximum atomic E-state index is 12.9. The highest BCUT2D eigenvalue weighted by molar-refractivity contribution is 7.80. The van der Waals surface area contributed by atoms with Crippen molar-refractivity contribution in [2.24, 2.45) is 0 Å². The molecule has 0 bridgehead atoms. The van der Waals surface area contributed by atoms with Gasteiger partial charge in [-0.15, -0.1) is 0 Å². The van der Waals surface area contributed by atoms with E-state index in [1.54, 1.807) is 12.1 Å². The van der Waals surface area contributed by atoms with Crippen LogP contribution in [0, 0.1) is 5.82 Å². The zero-order valence-corrected chi connectivity index (χ0v) is 14.3. The second-order valence-corrected chi connectivity index (χ2v) is 6.14. The number of rotatable bonds is 6. The molecular formula is C18H23FN3S+. The number of quaternary nitrogens is 1. The molecule has 0 saturated heterocycles. The third-order valence-corrected chi connectivity index (χ3v) is 4.02. The molecule has 1 atom stereocenters. The zero-order chi connectivity index (χ0) is 16.7. The molecular weight excluding hydrogens is 309 g/mol. The van der Waals surface area contributed by atoms with Crippen molar-refractivity contribution in [3.8, 4) is 0 Å². The van der Waals surface area contributed by atoms with E-state index in [0.29, 0.717) is 17.7 Å². The van der Waals surface area contributed by atoms with E-state index in [1.165, 1.54) is 22.6 Å². The number of halogens is 1. The Bertz CT molecular complexity index is 614. The first-order valence-electron chi connectivity index (χ1n) is 7.67. The zero-order valence-electron chi connectivity index (χ0n) is 13.5. The van der Waals surface area contributed by atoms with Gasteiger partial charge in [-0.3, -0.25) is 0 Å². The van der Waals surface area contributed by atoms with E-state index in [9.17, 15) is 4.39 Å². The van der Waals surface area contributed by atoms with Crippen LogP contribution in [0.25, 0.3) is 0 Å². The van der Waals surface area contributed by atoms with Gasteiger partial charge in [0.25, 0.3) is 0 Å². The molecule has 2 aromatic carbocycles. The Kier molecular flexibility index (Phi) is 6.50. The average Bonchev–Trinajstić information content (AvgIpc) is 2.55. The van der Waals surface area contributed by atoms with E-state index >= 15 is 0 Å². The van der Waals surface area contributed by atoms with Crippen LogP contribution in [0.15, 0.2) is 54.6 Å². The second-order valence-electron chi connectivity index (χ2n) is 5.73. The van der Waals surface area contributed by atoms with Crippen LogP contribution in [0.1, 0.15) is 17.2 Å². The fourth-order valence-corrected chi connectivity index (χ4v) is 2.54. The van der Waals surface area contributed by atoms with Gasteiger partial charge in [0.2, 0.25) is 0 Å². The molecule has 5 heteroatoms. The van der Waals surface area contributed by atoms with E-state index in [-0.39, 0.29) is 5.82 Å². The van der Waals surface area contributed by atoms with Crippen molar-refractivity contribution in [1.29, 1.82) is 0 Å². The van der Waals surface area contributed by atoms with Gasteiger partial charge in [0.05, 0.1) is 20.6 Å². The van der Waals surface area contributed by atoms with Gasteiger partial charge >= 0.3 is 0 Å². The normalized spacial score (nSPS) is 12.0. The molecule has 2 aromatic rings. The van der Waals surface area contributed by atoms with Crippen molar-refractivity contribution in [3.63, 3.8) is 0 Å². The van der Waals surface area contributed by atoms with E-state index in [2.05, 4.69) is 49.0 Å². The molecule has 0 fully saturated rings. The molecule has 0 radical (unpaired) electrons. The maximum Gasteiger partial charge on any atom is 0.166 e. The van der Waals surface area contributed by atoms with Gasteiger partial charge in [-0.1, -0.05) is 42.5 Å². The summed E-state index contributed by atoms with van der Waals surface area (Å²) in [5.74, 6) is -0.228. The summed E-state index contributed by atoms with van der Waals surface area (Å²) in [7, 11) is 4.27. The van der Waals surface area contributed by atoms with Gasteiger partial charge in [0, 0.05) is 12.1 Å². The third-order valence-electron chi connectivity index (χ3n) is 3.73. The monoisotopic (exact) mass is 332 g/mol. The molecule has 3 N–H and O–H groups in total. The molecule has 23 heavy (non-hydrogen) atoms. The Morgan fingerprint density at radius 2 is 1.70 bits per heavy atom. The van der Waals surface area contributed by atoms with Gasteiger partial charge in [0.1, 0.15) is 11.9 Å². The predicted octanol–water partition coefficient (Wildman–Crippen LogP) is 1.68. The van der Waals surface area contributed by atoms with Gasteiger partial charge in [-0.05, 0) is 29.9 Å². The van der Waals surface area contributed by atoms with E-state index in [1.807, 2.05) is 6.07 Å². The van der Waals surface area contributed by atoms with Crippen molar-refractivity contribution in [1.82, 2.24) is 10.6 Å². The Labute approximate surface area is 142 Å². The number of nitrogens with one attached hydrogen (secondary N) is 3. The van der Waals surface area contributed by atoms with Crippen LogP contribution < -0.4 is 15.5 Å². The Hall–Kier alpha value is -1.98. The SMILES string of the molecule is C[NH+](C)[C@H](CNC(=S)NCc1ccc(F)cc1)c1ccccc1. The Morgan fingerprint density at radius 3 is 2.30 bits per heavy atom. The van der Waals surface area contributed by atoms with Crippen molar-refractivity contribution >= 4 is 17.3 Å². The van der Waals surface area contributed by atoms with Gasteiger partial charge < -0.3 is 15.5 Å². The molecule has 3 nitrogen and oxygen atoms in total. The first-order chi connectivity index (χ1) is 11.1. The minimum absolute atomic E-state index is 0.228. The van der Waals surface area contributed by atoms with Crippen LogP contribution in [0.4, 0.5) is 4.39 Å². The number of hydrogen-bond donors (Lipinski definition) is 3. The van der Waals surface area contributed by atoms with Crippen LogP contribution in [-0.4, -0.2) is 25.8 Å². The van der Waals surface area contributed by atoms with Gasteiger partial charge in [-0.2, -0.15) is 0 Å². The summed E-state index contributed by atoms with van der Waals surface area (Å²) in [6.07, 6.45) is 0. The summed E-state index contributed by atoms with van der Waals surface area (Å²) in [6.45, 7) is 1.33. The fourth-order valence-electron chi connectivity index (χ4n) is 2.38. The highest BCUT2D eigenvalue weighted by atomic mass is 32.1. The number of likely N-dealkylation sites (N-methyl/N-ethyl adjacent to an activating group) is 1. The van der Waals surface area contributed by atoms with E-state index in [4.69, 9.17) is 12.2 Å². The smallest absolute Gasteiger partial charge is 0.166 e. The molecule has 0 saturated carbocycles. The Morgan fingerprint density at radius 1 is 1.04 bits per heavy atom. The highest BCUT2D eigenvalue weighted by Gasteiger charge is 2.17. The topological polar surface area (TPSA) is 28.5 Å². The minimum Gasteiger partial charge on any atom is -0.359 e. The number of benzene rings is 2. The lowest BCUT2D eigenvalue weighted by Gasteiger charge is -2.23. The van der Waals surface area contributed by atoms with Gasteiger partial charge in [0.15, 0.2) is 5.11 Å². The van der Waals surface area contributed by atoms with Crippen molar-refractivity contribution in [3.05, 3.63) is 71.5 Å². The van der Waals surface area contributed by atoms with Crippen molar-refractivity contribution in [2.45, 2.75) is 12.6 Å². The predicted molar refractivity (Wildman–Crippen MR) is 95.8 cm³/mol. The van der Waals surface area contributed by atoms with Crippen LogP contribution in [0.3, 0.4) is 0 Å². The quantitative estimate of drug-likeness (QED) is 0.703. The molecule has 0 spiro atoms. The van der Waals surface area contributed by atoms with Crippen molar-refractivity contribution in [2.75, 3.05) is 20.6 Å². The fraction of sp³-hybridized carbons (Fsp3) is 0.278. The maximum absolute atomic E-state index is 12.9. The molecule has 0 aliphatic carbocycles. The molecule has 122 valence electrons. The van der Waals surface area contributed by atoms with Crippen LogP contribution in [0.5, 0.6) is 0 Å². The summed E-state index contributed by atoms with van der Waals surface area (Å²) < 4.78 is 12.9. The van der Waals surface area contributed by atoms with Gasteiger partial charge in [-0.25, -0.2) is 4.39 Å². The summed E-state index contributed by atoms with van der Waals surface area (Å²) in [5, 5.41) is 7.03. The molecule has 0 aliphatic rings. The van der Waals surface area contributed by atoms with Crippen LogP contribution in [0.2, 0.25) is 0 Å². The van der Waals surface area contributed by atoms with E-state index in [0.717, 1.165) is 12.1 Å². The molecule has 0 aliphatic heterocycles. The molecule has 0 unspecified atom stereocenters. The largest absolute Gasteiger partial charge is 0.359 e. The standard InChI is InChI=1S/C18H22FN3S/c1-22(2)17(15-6-4-3-5-7-15)13-21-18(23)20-12-14-8-10-16(19)11-9-14/h3-11,17H,12-13H2,1-2H3,(H2,20,21,23)/p+1/t17-/m1/s1. The Balaban J connectivity index is 1.83. The lowest BCUT2D eigenvalue weighted by atomic mass is 10.1. The van der Waals surface area contributed by atoms with Crippen LogP contribution in [-0.2, 0) is 6.54 Å². The summed E-state index contributed by atoms with van der Waals surface area (Å²) in [5.41, 5.74) is 2.27. The lowest BCUT2D eigenvalue weighted by Crippen LogP contribution is -3.07. The molecule has 0 amide bonds. The lowest BCUT2D eigenvalue weighted by molar-refractivity contribution is -0.890. The number of hydrogen-bond acceptors (Lipinski definition) is 1. The molecule has 2 rings (SSSR count). The number of thiocarbonyl (C=S) groups is 1. The highest BCUT2D eigenvalue weighted by Crippen LogP contribution is 2.07. The first kappa shape index (κ1) is 17.4. The van der Waals surface area contributed by atoms with Crippen LogP contribution >= 0.6 is 12.2 Å². The second kappa shape index (κ2) is 8.60. The first-order valence-corrected chi connectivity index (χ1v) is 8.08. The minimum atomic E-state index is -0.228. The van der Waals surface area contributed by atoms with Crippen molar-refractivity contribution < 1.29 is 9.29 Å². The molecule has 0 aromatic heterocycles. The van der Waals surface area contributed by atoms with E-state index < -0.39 is 0 Å². The average molecular weight is 332 g/mol.